The average Bonchev–Trinajstić information content (AvgIpc) is 3.11. The van der Waals surface area contributed by atoms with Crippen LogP contribution in [0.15, 0.2) is 11.6 Å². The summed E-state index contributed by atoms with van der Waals surface area (Å²) in [6.45, 7) is 5.46. The minimum absolute atomic E-state index is 0.113. The maximum atomic E-state index is 12.5. The summed E-state index contributed by atoms with van der Waals surface area (Å²) in [4.78, 5) is 19.5. The zero-order valence-corrected chi connectivity index (χ0v) is 14.7. The third-order valence-electron chi connectivity index (χ3n) is 4.80. The number of rotatable bonds is 5. The lowest BCUT2D eigenvalue weighted by molar-refractivity contribution is 0.102. The molecule has 1 unspecified atom stereocenters. The monoisotopic (exact) mass is 345 g/mol. The van der Waals surface area contributed by atoms with Crippen molar-refractivity contribution >= 4 is 22.4 Å². The topological polar surface area (TPSA) is 73.9 Å². The van der Waals surface area contributed by atoms with Gasteiger partial charge in [0, 0.05) is 24.4 Å². The molecule has 0 radical (unpaired) electrons. The molecule has 2 aromatic rings. The highest BCUT2D eigenvalue weighted by Gasteiger charge is 2.30. The molecule has 1 aliphatic carbocycles. The summed E-state index contributed by atoms with van der Waals surface area (Å²) in [5.41, 5.74) is 2.66. The highest BCUT2D eigenvalue weighted by molar-refractivity contribution is 7.13. The van der Waals surface area contributed by atoms with Gasteiger partial charge in [0.25, 0.3) is 5.91 Å². The molecule has 1 amide bonds. The Hall–Kier alpha value is -1.73. The zero-order valence-electron chi connectivity index (χ0n) is 13.9. The minimum Gasteiger partial charge on any atom is -0.298 e. The second kappa shape index (κ2) is 6.64. The van der Waals surface area contributed by atoms with Crippen molar-refractivity contribution in [2.24, 2.45) is 5.92 Å². The first-order valence-corrected chi connectivity index (χ1v) is 9.58. The van der Waals surface area contributed by atoms with Crippen LogP contribution in [0.2, 0.25) is 0 Å². The molecule has 0 spiro atoms. The maximum absolute atomic E-state index is 12.5. The quantitative estimate of drug-likeness (QED) is 0.872. The van der Waals surface area contributed by atoms with Crippen LogP contribution >= 0.6 is 11.3 Å². The predicted octanol–water partition coefficient (Wildman–Crippen LogP) is 3.23. The number of nitrogens with one attached hydrogen (secondary N) is 2. The van der Waals surface area contributed by atoms with E-state index in [0.29, 0.717) is 16.6 Å². The largest absolute Gasteiger partial charge is 0.298 e. The van der Waals surface area contributed by atoms with E-state index in [0.717, 1.165) is 49.8 Å². The number of carbonyl (C=O) groups is 1. The summed E-state index contributed by atoms with van der Waals surface area (Å²) in [6.07, 6.45) is 6.48. The van der Waals surface area contributed by atoms with E-state index in [1.54, 1.807) is 6.20 Å². The molecule has 7 heteroatoms. The van der Waals surface area contributed by atoms with E-state index in [1.807, 2.05) is 5.38 Å². The lowest BCUT2D eigenvalue weighted by atomic mass is 10.0. The number of aromatic amines is 1. The standard InChI is InChI=1S/C17H23N5OS/c1-11-3-2-6-22(8-11)9-13-10-24-17(19-13)20-16(23)14-7-18-21-15(14)12-4-5-12/h7,10-12H,2-6,8-9H2,1H3,(H,18,21)(H,19,20,23). The summed E-state index contributed by atoms with van der Waals surface area (Å²) in [5, 5.41) is 12.6. The number of nitrogens with zero attached hydrogens (tertiary/aromatic N) is 3. The van der Waals surface area contributed by atoms with Crippen molar-refractivity contribution in [2.45, 2.75) is 45.1 Å². The Kier molecular flexibility index (Phi) is 4.37. The van der Waals surface area contributed by atoms with Gasteiger partial charge in [0.05, 0.1) is 23.1 Å². The number of hydrogen-bond donors (Lipinski definition) is 2. The van der Waals surface area contributed by atoms with Gasteiger partial charge in [-0.15, -0.1) is 11.3 Å². The molecule has 2 aliphatic rings. The van der Waals surface area contributed by atoms with E-state index in [9.17, 15) is 4.79 Å². The number of aromatic nitrogens is 3. The predicted molar refractivity (Wildman–Crippen MR) is 94.3 cm³/mol. The number of piperidine rings is 1. The Labute approximate surface area is 145 Å². The van der Waals surface area contributed by atoms with E-state index in [-0.39, 0.29) is 5.91 Å². The molecule has 4 rings (SSSR count). The first-order valence-electron chi connectivity index (χ1n) is 8.70. The smallest absolute Gasteiger partial charge is 0.260 e. The van der Waals surface area contributed by atoms with Crippen molar-refractivity contribution < 1.29 is 4.79 Å². The lowest BCUT2D eigenvalue weighted by Crippen LogP contribution is -2.33. The van der Waals surface area contributed by atoms with Gasteiger partial charge in [-0.2, -0.15) is 5.10 Å². The van der Waals surface area contributed by atoms with Crippen LogP contribution in [-0.2, 0) is 6.54 Å². The third-order valence-corrected chi connectivity index (χ3v) is 5.60. The second-order valence-electron chi connectivity index (χ2n) is 7.05. The van der Waals surface area contributed by atoms with Gasteiger partial charge in [0.15, 0.2) is 5.13 Å². The number of hydrogen-bond acceptors (Lipinski definition) is 5. The normalized spacial score (nSPS) is 21.8. The van der Waals surface area contributed by atoms with Gasteiger partial charge in [0.1, 0.15) is 0 Å². The van der Waals surface area contributed by atoms with Crippen molar-refractivity contribution in [2.75, 3.05) is 18.4 Å². The number of carbonyl (C=O) groups excluding carboxylic acids is 1. The van der Waals surface area contributed by atoms with Crippen LogP contribution in [0.1, 0.15) is 60.3 Å². The Balaban J connectivity index is 1.38. The number of amides is 1. The van der Waals surface area contributed by atoms with Crippen LogP contribution in [0.4, 0.5) is 5.13 Å². The molecule has 2 fully saturated rings. The molecule has 2 aromatic heterocycles. The first kappa shape index (κ1) is 15.8. The fourth-order valence-electron chi connectivity index (χ4n) is 3.42. The molecule has 1 saturated heterocycles. The Morgan fingerprint density at radius 1 is 1.46 bits per heavy atom. The fraction of sp³-hybridized carbons (Fsp3) is 0.588. The molecule has 24 heavy (non-hydrogen) atoms. The summed E-state index contributed by atoms with van der Waals surface area (Å²) < 4.78 is 0. The minimum atomic E-state index is -0.113. The van der Waals surface area contributed by atoms with Gasteiger partial charge in [-0.3, -0.25) is 20.1 Å². The number of likely N-dealkylation sites (tertiary alicyclic amines) is 1. The zero-order chi connectivity index (χ0) is 16.5. The number of thiazole rings is 1. The molecule has 1 atom stereocenters. The van der Waals surface area contributed by atoms with Crippen LogP contribution in [0, 0.1) is 5.92 Å². The van der Waals surface area contributed by atoms with Gasteiger partial charge < -0.3 is 0 Å². The van der Waals surface area contributed by atoms with E-state index in [1.165, 1.54) is 24.2 Å². The van der Waals surface area contributed by atoms with E-state index in [2.05, 4.69) is 32.3 Å². The fourth-order valence-corrected chi connectivity index (χ4v) is 4.12. The van der Waals surface area contributed by atoms with E-state index in [4.69, 9.17) is 0 Å². The molecule has 0 aromatic carbocycles. The van der Waals surface area contributed by atoms with Gasteiger partial charge >= 0.3 is 0 Å². The molecular formula is C17H23N5OS. The SMILES string of the molecule is CC1CCCN(Cc2csc(NC(=O)c3cn[nH]c3C3CC3)n2)C1. The Morgan fingerprint density at radius 3 is 3.12 bits per heavy atom. The van der Waals surface area contributed by atoms with Gasteiger partial charge in [-0.05, 0) is 38.1 Å². The highest BCUT2D eigenvalue weighted by Crippen LogP contribution is 2.40. The number of H-pyrrole nitrogens is 1. The summed E-state index contributed by atoms with van der Waals surface area (Å²) >= 11 is 1.49. The van der Waals surface area contributed by atoms with Crippen molar-refractivity contribution in [3.05, 3.63) is 28.5 Å². The molecular weight excluding hydrogens is 322 g/mol. The highest BCUT2D eigenvalue weighted by atomic mass is 32.1. The van der Waals surface area contributed by atoms with Gasteiger partial charge in [-0.25, -0.2) is 4.98 Å². The summed E-state index contributed by atoms with van der Waals surface area (Å²) in [7, 11) is 0. The van der Waals surface area contributed by atoms with Gasteiger partial charge in [0.2, 0.25) is 0 Å². The van der Waals surface area contributed by atoms with Crippen molar-refractivity contribution in [1.82, 2.24) is 20.1 Å². The van der Waals surface area contributed by atoms with Crippen LogP contribution in [0.5, 0.6) is 0 Å². The molecule has 1 saturated carbocycles. The van der Waals surface area contributed by atoms with Crippen LogP contribution in [0.3, 0.4) is 0 Å². The Bertz CT molecular complexity index is 720. The molecule has 128 valence electrons. The van der Waals surface area contributed by atoms with E-state index >= 15 is 0 Å². The summed E-state index contributed by atoms with van der Waals surface area (Å²) in [6, 6.07) is 0. The molecule has 6 nitrogen and oxygen atoms in total. The van der Waals surface area contributed by atoms with Crippen LogP contribution in [-0.4, -0.2) is 39.1 Å². The molecule has 3 heterocycles. The molecule has 2 N–H and O–H groups in total. The maximum Gasteiger partial charge on any atom is 0.260 e. The molecule has 1 aliphatic heterocycles. The molecule has 0 bridgehead atoms. The number of anilines is 1. The van der Waals surface area contributed by atoms with Crippen molar-refractivity contribution in [3.8, 4) is 0 Å². The van der Waals surface area contributed by atoms with Crippen LogP contribution < -0.4 is 5.32 Å². The second-order valence-corrected chi connectivity index (χ2v) is 7.91. The third kappa shape index (κ3) is 3.52. The van der Waals surface area contributed by atoms with E-state index < -0.39 is 0 Å². The van der Waals surface area contributed by atoms with Crippen LogP contribution in [0.25, 0.3) is 0 Å². The lowest BCUT2D eigenvalue weighted by Gasteiger charge is -2.30. The van der Waals surface area contributed by atoms with Crippen molar-refractivity contribution in [3.63, 3.8) is 0 Å². The Morgan fingerprint density at radius 2 is 2.33 bits per heavy atom. The average molecular weight is 345 g/mol. The van der Waals surface area contributed by atoms with Crippen molar-refractivity contribution in [1.29, 1.82) is 0 Å². The first-order chi connectivity index (χ1) is 11.7. The summed E-state index contributed by atoms with van der Waals surface area (Å²) in [5.74, 6) is 1.12. The van der Waals surface area contributed by atoms with Gasteiger partial charge in [-0.1, -0.05) is 6.92 Å².